The summed E-state index contributed by atoms with van der Waals surface area (Å²) in [6.45, 7) is 1.93. The normalized spacial score (nSPS) is 10.6. The molecular weight excluding hydrogens is 140 g/mol. The zero-order chi connectivity index (χ0) is 7.84. The van der Waals surface area contributed by atoms with Gasteiger partial charge in [0.1, 0.15) is 6.20 Å². The van der Waals surface area contributed by atoms with Gasteiger partial charge in [-0.3, -0.25) is 0 Å². The molecule has 0 aliphatic heterocycles. The Labute approximate surface area is 63.7 Å². The van der Waals surface area contributed by atoms with Gasteiger partial charge >= 0.3 is 5.65 Å². The first-order chi connectivity index (χ1) is 5.27. The van der Waals surface area contributed by atoms with Gasteiger partial charge in [-0.2, -0.15) is 0 Å². The lowest BCUT2D eigenvalue weighted by atomic mass is 10.3. The molecule has 0 unspecified atom stereocenters. The molecule has 0 saturated carbocycles. The summed E-state index contributed by atoms with van der Waals surface area (Å²) in [6, 6.07) is 1.96. The van der Waals surface area contributed by atoms with Gasteiger partial charge in [-0.25, -0.2) is 4.98 Å². The van der Waals surface area contributed by atoms with Crippen molar-refractivity contribution in [1.29, 1.82) is 0 Å². The fraction of sp³-hybridized carbons (Fsp3) is 0.143. The maximum atomic E-state index is 5.60. The minimum absolute atomic E-state index is 0.571. The molecule has 0 amide bonds. The molecule has 2 rings (SSSR count). The maximum Gasteiger partial charge on any atom is 0.305 e. The molecule has 4 nitrogen and oxygen atoms in total. The number of aryl methyl sites for hydroxylation is 1. The molecule has 3 N–H and O–H groups in total. The molecule has 0 fully saturated rings. The van der Waals surface area contributed by atoms with E-state index in [1.165, 1.54) is 0 Å². The molecular formula is C7H9N4+. The Balaban J connectivity index is 2.86. The zero-order valence-corrected chi connectivity index (χ0v) is 6.20. The van der Waals surface area contributed by atoms with Crippen molar-refractivity contribution in [3.05, 3.63) is 24.0 Å². The molecule has 2 heterocycles. The highest BCUT2D eigenvalue weighted by atomic mass is 15.3. The van der Waals surface area contributed by atoms with E-state index in [9.17, 15) is 0 Å². The second-order valence-electron chi connectivity index (χ2n) is 2.50. The van der Waals surface area contributed by atoms with Crippen LogP contribution in [0.3, 0.4) is 0 Å². The molecule has 0 spiro atoms. The van der Waals surface area contributed by atoms with Gasteiger partial charge < -0.3 is 5.73 Å². The second kappa shape index (κ2) is 1.95. The minimum atomic E-state index is 0.571. The van der Waals surface area contributed by atoms with E-state index >= 15 is 0 Å². The first-order valence-corrected chi connectivity index (χ1v) is 3.39. The summed E-state index contributed by atoms with van der Waals surface area (Å²) in [4.78, 5) is 3.03. The van der Waals surface area contributed by atoms with E-state index in [4.69, 9.17) is 5.73 Å². The van der Waals surface area contributed by atoms with Crippen LogP contribution >= 0.6 is 0 Å². The van der Waals surface area contributed by atoms with Crippen LogP contribution in [0.15, 0.2) is 18.5 Å². The van der Waals surface area contributed by atoms with Gasteiger partial charge in [0.2, 0.25) is 0 Å². The topological polar surface area (TPSA) is 57.5 Å². The van der Waals surface area contributed by atoms with Crippen LogP contribution in [-0.2, 0) is 0 Å². The molecule has 0 radical (unpaired) electrons. The number of H-pyrrole nitrogens is 1. The van der Waals surface area contributed by atoms with Crippen molar-refractivity contribution < 1.29 is 4.98 Å². The van der Waals surface area contributed by atoms with Crippen molar-refractivity contribution in [2.75, 3.05) is 5.73 Å². The summed E-state index contributed by atoms with van der Waals surface area (Å²) in [7, 11) is 0. The molecule has 2 aromatic rings. The third-order valence-electron chi connectivity index (χ3n) is 1.67. The number of imidazole rings is 1. The van der Waals surface area contributed by atoms with Crippen molar-refractivity contribution in [1.82, 2.24) is 9.61 Å². The van der Waals surface area contributed by atoms with Gasteiger partial charge in [-0.05, 0) is 6.92 Å². The fourth-order valence-corrected chi connectivity index (χ4v) is 1.01. The van der Waals surface area contributed by atoms with Crippen LogP contribution < -0.4 is 10.7 Å². The Morgan fingerprint density at radius 1 is 1.64 bits per heavy atom. The van der Waals surface area contributed by atoms with Crippen LogP contribution in [0.25, 0.3) is 5.65 Å². The Morgan fingerprint density at radius 2 is 2.45 bits per heavy atom. The van der Waals surface area contributed by atoms with Gasteiger partial charge in [-0.15, -0.1) is 0 Å². The average molecular weight is 149 g/mol. The largest absolute Gasteiger partial charge is 0.380 e. The lowest BCUT2D eigenvalue weighted by Gasteiger charge is -1.92. The molecule has 4 heteroatoms. The van der Waals surface area contributed by atoms with Gasteiger partial charge in [0.25, 0.3) is 0 Å². The predicted octanol–water partition coefficient (Wildman–Crippen LogP) is 0.0390. The van der Waals surface area contributed by atoms with E-state index < -0.39 is 0 Å². The number of rotatable bonds is 0. The van der Waals surface area contributed by atoms with Crippen LogP contribution in [-0.4, -0.2) is 9.61 Å². The molecule has 0 saturated heterocycles. The molecule has 0 aliphatic rings. The summed E-state index contributed by atoms with van der Waals surface area (Å²) in [6.07, 6.45) is 3.65. The number of aromatic nitrogens is 3. The molecule has 0 atom stereocenters. The molecule has 0 aliphatic carbocycles. The highest BCUT2D eigenvalue weighted by molar-refractivity contribution is 5.44. The van der Waals surface area contributed by atoms with Crippen molar-refractivity contribution >= 4 is 11.5 Å². The molecule has 2 aromatic heterocycles. The van der Waals surface area contributed by atoms with Crippen molar-refractivity contribution in [2.45, 2.75) is 6.92 Å². The van der Waals surface area contributed by atoms with E-state index in [-0.39, 0.29) is 0 Å². The van der Waals surface area contributed by atoms with E-state index in [0.717, 1.165) is 11.2 Å². The van der Waals surface area contributed by atoms with Crippen molar-refractivity contribution in [3.63, 3.8) is 0 Å². The lowest BCUT2D eigenvalue weighted by molar-refractivity contribution is -0.344. The monoisotopic (exact) mass is 149 g/mol. The SMILES string of the molecule is Cc1cc2[nH+]ccn2nc1N. The molecule has 0 bridgehead atoms. The number of aromatic amines is 1. The van der Waals surface area contributed by atoms with Gasteiger partial charge in [-0.1, -0.05) is 9.61 Å². The Bertz CT molecular complexity index is 354. The fourth-order valence-electron chi connectivity index (χ4n) is 1.01. The van der Waals surface area contributed by atoms with Crippen LogP contribution in [0, 0.1) is 6.92 Å². The van der Waals surface area contributed by atoms with Crippen molar-refractivity contribution in [3.8, 4) is 0 Å². The Hall–Kier alpha value is -1.58. The second-order valence-corrected chi connectivity index (χ2v) is 2.50. The summed E-state index contributed by atoms with van der Waals surface area (Å²) in [5, 5.41) is 4.10. The highest BCUT2D eigenvalue weighted by Crippen LogP contribution is 2.06. The summed E-state index contributed by atoms with van der Waals surface area (Å²) < 4.78 is 1.71. The molecule has 0 aromatic carbocycles. The third-order valence-corrected chi connectivity index (χ3v) is 1.67. The number of nitrogens with zero attached hydrogens (tertiary/aromatic N) is 2. The summed E-state index contributed by atoms with van der Waals surface area (Å²) in [5.74, 6) is 0.571. The van der Waals surface area contributed by atoms with Crippen molar-refractivity contribution in [2.24, 2.45) is 0 Å². The Kier molecular flexibility index (Phi) is 1.09. The zero-order valence-electron chi connectivity index (χ0n) is 6.20. The number of nitrogens with two attached hydrogens (primary N) is 1. The standard InChI is InChI=1S/C7H8N4/c1-5-4-6-9-2-3-11(6)10-7(5)8/h2-4H,1H3,(H2,8,10)/p+1. The van der Waals surface area contributed by atoms with Gasteiger partial charge in [0.05, 0.1) is 0 Å². The number of fused-ring (bicyclic) bond motifs is 1. The summed E-state index contributed by atoms with van der Waals surface area (Å²) >= 11 is 0. The van der Waals surface area contributed by atoms with Gasteiger partial charge in [0.15, 0.2) is 12.0 Å². The number of nitrogen functional groups attached to an aromatic ring is 1. The predicted molar refractivity (Wildman–Crippen MR) is 40.9 cm³/mol. The van der Waals surface area contributed by atoms with E-state index in [1.54, 1.807) is 4.52 Å². The summed E-state index contributed by atoms with van der Waals surface area (Å²) in [5.41, 5.74) is 7.55. The van der Waals surface area contributed by atoms with Crippen LogP contribution in [0.5, 0.6) is 0 Å². The highest BCUT2D eigenvalue weighted by Gasteiger charge is 2.05. The van der Waals surface area contributed by atoms with Gasteiger partial charge in [0, 0.05) is 11.6 Å². The number of anilines is 1. The maximum absolute atomic E-state index is 5.60. The number of hydrogen-bond donors (Lipinski definition) is 1. The first-order valence-electron chi connectivity index (χ1n) is 3.39. The van der Waals surface area contributed by atoms with E-state index in [0.29, 0.717) is 5.82 Å². The Morgan fingerprint density at radius 3 is 3.27 bits per heavy atom. The molecule has 11 heavy (non-hydrogen) atoms. The molecule has 56 valence electrons. The van der Waals surface area contributed by atoms with Crippen LogP contribution in [0.4, 0.5) is 5.82 Å². The minimum Gasteiger partial charge on any atom is -0.380 e. The van der Waals surface area contributed by atoms with E-state index in [1.807, 2.05) is 25.4 Å². The quantitative estimate of drug-likeness (QED) is 0.575. The first kappa shape index (κ1) is 6.15. The average Bonchev–Trinajstić information content (AvgIpc) is 2.36. The lowest BCUT2D eigenvalue weighted by Crippen LogP contribution is -2.04. The third kappa shape index (κ3) is 0.832. The smallest absolute Gasteiger partial charge is 0.305 e. The number of nitrogens with one attached hydrogen (secondary N) is 1. The van der Waals surface area contributed by atoms with Crippen LogP contribution in [0.1, 0.15) is 5.56 Å². The van der Waals surface area contributed by atoms with E-state index in [2.05, 4.69) is 10.1 Å². The number of hydrogen-bond acceptors (Lipinski definition) is 2. The van der Waals surface area contributed by atoms with Crippen LogP contribution in [0.2, 0.25) is 0 Å².